The van der Waals surface area contributed by atoms with E-state index in [1.54, 1.807) is 13.8 Å². The topological polar surface area (TPSA) is 89.5 Å². The second-order valence-electron chi connectivity index (χ2n) is 11.4. The fourth-order valence-electron chi connectivity index (χ4n) is 2.34. The van der Waals surface area contributed by atoms with Crippen molar-refractivity contribution < 1.29 is 35.5 Å². The zero-order valence-corrected chi connectivity index (χ0v) is 27.6. The summed E-state index contributed by atoms with van der Waals surface area (Å²) in [5.74, 6) is -0.933. The van der Waals surface area contributed by atoms with Crippen LogP contribution in [0.25, 0.3) is 0 Å². The summed E-state index contributed by atoms with van der Waals surface area (Å²) in [7, 11) is -13.5. The van der Waals surface area contributed by atoms with Crippen molar-refractivity contribution in [3.63, 3.8) is 0 Å². The van der Waals surface area contributed by atoms with Gasteiger partial charge in [-0.05, 0) is 79.3 Å². The molecule has 0 saturated carbocycles. The Morgan fingerprint density at radius 3 is 1.06 bits per heavy atom. The van der Waals surface area contributed by atoms with Crippen molar-refractivity contribution in [2.24, 2.45) is 0 Å². The van der Waals surface area contributed by atoms with E-state index in [4.69, 9.17) is 25.9 Å². The van der Waals surface area contributed by atoms with Crippen LogP contribution in [0.2, 0.25) is 65.5 Å². The van der Waals surface area contributed by atoms with Crippen molar-refractivity contribution in [1.82, 2.24) is 0 Å². The number of carbonyl (C=O) groups is 2. The normalized spacial score (nSPS) is 13.5. The van der Waals surface area contributed by atoms with Gasteiger partial charge in [-0.1, -0.05) is 13.2 Å². The Labute approximate surface area is 205 Å². The van der Waals surface area contributed by atoms with Crippen molar-refractivity contribution in [2.75, 3.05) is 12.5 Å². The van der Waals surface area contributed by atoms with Gasteiger partial charge in [0.25, 0.3) is 0 Å². The highest BCUT2D eigenvalue weighted by atomic mass is 28.5. The molecule has 0 fully saturated rings. The molecule has 33 heavy (non-hydrogen) atoms. The summed E-state index contributed by atoms with van der Waals surface area (Å²) >= 11 is 0. The molecule has 0 aliphatic rings. The summed E-state index contributed by atoms with van der Waals surface area (Å²) in [4.78, 5) is 23.9. The lowest BCUT2D eigenvalue weighted by Crippen LogP contribution is -2.67. The summed E-state index contributed by atoms with van der Waals surface area (Å²) < 4.78 is 37.3. The summed E-state index contributed by atoms with van der Waals surface area (Å²) in [5, 5.41) is 0. The smallest absolute Gasteiger partial charge is 0.463 e. The number of ether oxygens (including phenoxy) is 2. The Hall–Kier alpha value is -0.656. The van der Waals surface area contributed by atoms with Crippen LogP contribution in [0.3, 0.4) is 0 Å². The fourth-order valence-corrected chi connectivity index (χ4v) is 18.4. The maximum atomic E-state index is 12.0. The van der Waals surface area contributed by atoms with Gasteiger partial charge in [0.1, 0.15) is 12.5 Å². The van der Waals surface area contributed by atoms with E-state index in [1.165, 1.54) is 0 Å². The largest absolute Gasteiger partial charge is 0.637 e. The van der Waals surface area contributed by atoms with E-state index in [-0.39, 0.29) is 12.5 Å². The molecule has 0 heterocycles. The van der Waals surface area contributed by atoms with Crippen LogP contribution in [0.4, 0.5) is 0 Å². The Morgan fingerprint density at radius 1 is 0.576 bits per heavy atom. The zero-order valence-electron chi connectivity index (χ0n) is 22.6. The molecule has 192 valence electrons. The molecule has 0 bridgehead atoms. The van der Waals surface area contributed by atoms with Gasteiger partial charge in [0.15, 0.2) is 16.6 Å². The first kappa shape index (κ1) is 32.3. The predicted octanol–water partition coefficient (Wildman–Crippen LogP) is 4.89. The van der Waals surface area contributed by atoms with Crippen LogP contribution < -0.4 is 0 Å². The summed E-state index contributed by atoms with van der Waals surface area (Å²) in [6.07, 6.45) is 0.209. The van der Waals surface area contributed by atoms with Gasteiger partial charge in [-0.15, -0.1) is 0 Å². The Kier molecular flexibility index (Phi) is 11.6. The standard InChI is InChI=1S/C20H44O8Si5/c1-17(2)19(21)23-15-31(11,12)27-33(25-29(5,6)7,26-30(8,9)10)28-32(13,14)16-24-20(22)18(3)4/h1,3,15-16H2,2,4-14H3. The number of carbonyl (C=O) groups excluding carboxylic acids is 2. The van der Waals surface area contributed by atoms with Gasteiger partial charge < -0.3 is 25.9 Å². The molecule has 0 aromatic carbocycles. The molecule has 0 unspecified atom stereocenters. The van der Waals surface area contributed by atoms with Gasteiger partial charge in [0.2, 0.25) is 16.6 Å². The summed E-state index contributed by atoms with van der Waals surface area (Å²) in [6.45, 7) is 30.4. The van der Waals surface area contributed by atoms with Crippen LogP contribution in [0.5, 0.6) is 0 Å². The van der Waals surface area contributed by atoms with Gasteiger partial charge in [-0.2, -0.15) is 0 Å². The van der Waals surface area contributed by atoms with Gasteiger partial charge >= 0.3 is 21.0 Å². The molecule has 0 aromatic rings. The number of esters is 2. The Bertz CT molecular complexity index is 676. The monoisotopic (exact) mass is 552 g/mol. The summed E-state index contributed by atoms with van der Waals surface area (Å²) in [5.41, 5.74) is 0.647. The fraction of sp³-hybridized carbons (Fsp3) is 0.700. The SMILES string of the molecule is C=C(C)C(=O)OC[Si](C)(C)O[Si](O[Si](C)(C)C)(O[Si](C)(C)C)O[Si](C)(C)COC(=O)C(=C)C. The van der Waals surface area contributed by atoms with Crippen LogP contribution in [-0.2, 0) is 35.5 Å². The molecule has 0 spiro atoms. The van der Waals surface area contributed by atoms with Crippen molar-refractivity contribution in [2.45, 2.75) is 79.3 Å². The average molecular weight is 553 g/mol. The molecule has 8 nitrogen and oxygen atoms in total. The third kappa shape index (κ3) is 14.4. The third-order valence-corrected chi connectivity index (χ3v) is 18.5. The van der Waals surface area contributed by atoms with E-state index in [0.717, 1.165) is 0 Å². The highest BCUT2D eigenvalue weighted by molar-refractivity contribution is 6.91. The average Bonchev–Trinajstić information content (AvgIpc) is 2.52. The number of hydrogen-bond acceptors (Lipinski definition) is 8. The van der Waals surface area contributed by atoms with Gasteiger partial charge in [0, 0.05) is 11.1 Å². The van der Waals surface area contributed by atoms with Crippen LogP contribution in [-0.4, -0.2) is 66.7 Å². The molecular weight excluding hydrogens is 509 g/mol. The summed E-state index contributed by atoms with van der Waals surface area (Å²) in [6, 6.07) is 0. The minimum absolute atomic E-state index is 0.105. The first-order valence-corrected chi connectivity index (χ1v) is 25.6. The highest BCUT2D eigenvalue weighted by Crippen LogP contribution is 2.30. The van der Waals surface area contributed by atoms with Crippen LogP contribution in [0, 0.1) is 0 Å². The first-order chi connectivity index (χ1) is 14.5. The van der Waals surface area contributed by atoms with E-state index < -0.39 is 54.3 Å². The van der Waals surface area contributed by atoms with E-state index in [0.29, 0.717) is 11.1 Å². The van der Waals surface area contributed by atoms with Gasteiger partial charge in [-0.25, -0.2) is 9.59 Å². The highest BCUT2D eigenvalue weighted by Gasteiger charge is 2.57. The Morgan fingerprint density at radius 2 is 0.848 bits per heavy atom. The maximum absolute atomic E-state index is 12.0. The molecule has 0 amide bonds. The lowest BCUT2D eigenvalue weighted by atomic mass is 10.4. The van der Waals surface area contributed by atoms with Crippen molar-refractivity contribution in [1.29, 1.82) is 0 Å². The molecule has 0 atom stereocenters. The van der Waals surface area contributed by atoms with E-state index in [1.807, 2.05) is 65.5 Å². The van der Waals surface area contributed by atoms with Gasteiger partial charge in [0.05, 0.1) is 0 Å². The van der Waals surface area contributed by atoms with Crippen LogP contribution in [0.15, 0.2) is 24.3 Å². The minimum atomic E-state index is -3.72. The maximum Gasteiger partial charge on any atom is 0.637 e. The second kappa shape index (κ2) is 11.9. The quantitative estimate of drug-likeness (QED) is 0.171. The lowest BCUT2D eigenvalue weighted by Gasteiger charge is -2.44. The molecule has 13 heteroatoms. The lowest BCUT2D eigenvalue weighted by molar-refractivity contribution is -0.138. The molecule has 0 N–H and O–H groups in total. The van der Waals surface area contributed by atoms with E-state index >= 15 is 0 Å². The predicted molar refractivity (Wildman–Crippen MR) is 143 cm³/mol. The van der Waals surface area contributed by atoms with Crippen LogP contribution in [0.1, 0.15) is 13.8 Å². The van der Waals surface area contributed by atoms with Gasteiger partial charge in [-0.3, -0.25) is 0 Å². The number of hydrogen-bond donors (Lipinski definition) is 0. The molecule has 0 aliphatic heterocycles. The zero-order chi connectivity index (χ0) is 26.5. The minimum Gasteiger partial charge on any atom is -0.463 e. The molecular formula is C20H44O8Si5. The molecule has 0 aromatic heterocycles. The third-order valence-electron chi connectivity index (χ3n) is 3.46. The van der Waals surface area contributed by atoms with Crippen molar-refractivity contribution in [3.8, 4) is 0 Å². The molecule has 0 saturated heterocycles. The first-order valence-electron chi connectivity index (χ1n) is 10.9. The second-order valence-corrected chi connectivity index (χ2v) is 31.7. The molecule has 0 rings (SSSR count). The van der Waals surface area contributed by atoms with E-state index in [9.17, 15) is 9.59 Å². The van der Waals surface area contributed by atoms with Crippen LogP contribution >= 0.6 is 0 Å². The molecule has 0 aliphatic carbocycles. The van der Waals surface area contributed by atoms with E-state index in [2.05, 4.69) is 13.2 Å². The molecule has 0 radical (unpaired) electrons. The van der Waals surface area contributed by atoms with Crippen molar-refractivity contribution in [3.05, 3.63) is 24.3 Å². The Balaban J connectivity index is 6.11. The van der Waals surface area contributed by atoms with Crippen molar-refractivity contribution >= 4 is 54.3 Å². The number of rotatable bonds is 14.